The Morgan fingerprint density at radius 1 is 1.00 bits per heavy atom. The molecule has 0 aliphatic carbocycles. The minimum atomic E-state index is -0.398. The highest BCUT2D eigenvalue weighted by molar-refractivity contribution is 6.91. The SMILES string of the molecule is C=CC[n+]1cccc([B-](CCCC)(CCCC)CCCC)c1. The maximum atomic E-state index is 3.88. The molecule has 0 fully saturated rings. The summed E-state index contributed by atoms with van der Waals surface area (Å²) in [6, 6.07) is 4.62. The summed E-state index contributed by atoms with van der Waals surface area (Å²) in [5.41, 5.74) is 1.61. The van der Waals surface area contributed by atoms with Gasteiger partial charge in [0.1, 0.15) is 6.20 Å². The van der Waals surface area contributed by atoms with Crippen LogP contribution in [-0.4, -0.2) is 6.15 Å². The summed E-state index contributed by atoms with van der Waals surface area (Å²) < 4.78 is 2.29. The third-order valence-electron chi connectivity index (χ3n) is 5.26. The molecule has 2 heteroatoms. The van der Waals surface area contributed by atoms with Crippen molar-refractivity contribution in [2.24, 2.45) is 0 Å². The predicted molar refractivity (Wildman–Crippen MR) is 101 cm³/mol. The molecule has 0 N–H and O–H groups in total. The molecule has 0 aliphatic heterocycles. The van der Waals surface area contributed by atoms with E-state index in [-0.39, 0.29) is 0 Å². The van der Waals surface area contributed by atoms with E-state index >= 15 is 0 Å². The molecule has 0 radical (unpaired) electrons. The Kier molecular flexibility index (Phi) is 9.19. The maximum absolute atomic E-state index is 3.88. The second-order valence-corrected chi connectivity index (χ2v) is 7.03. The van der Waals surface area contributed by atoms with Crippen LogP contribution in [0.3, 0.4) is 0 Å². The van der Waals surface area contributed by atoms with Gasteiger partial charge in [0.25, 0.3) is 0 Å². The largest absolute Gasteiger partial charge is 0.204 e. The van der Waals surface area contributed by atoms with Crippen molar-refractivity contribution in [1.82, 2.24) is 0 Å². The second-order valence-electron chi connectivity index (χ2n) is 7.03. The highest BCUT2D eigenvalue weighted by atomic mass is 14.9. The van der Waals surface area contributed by atoms with Crippen molar-refractivity contribution in [2.75, 3.05) is 0 Å². The fraction of sp³-hybridized carbons (Fsp3) is 0.650. The lowest BCUT2D eigenvalue weighted by atomic mass is 9.16. The molecule has 0 saturated carbocycles. The van der Waals surface area contributed by atoms with Crippen LogP contribution in [0.2, 0.25) is 19.0 Å². The lowest BCUT2D eigenvalue weighted by Crippen LogP contribution is -2.51. The van der Waals surface area contributed by atoms with Crippen molar-refractivity contribution in [2.45, 2.75) is 84.8 Å². The Morgan fingerprint density at radius 2 is 1.55 bits per heavy atom. The van der Waals surface area contributed by atoms with E-state index in [1.165, 1.54) is 57.5 Å². The first-order valence-electron chi connectivity index (χ1n) is 9.53. The number of rotatable bonds is 12. The lowest BCUT2D eigenvalue weighted by Gasteiger charge is -2.40. The minimum absolute atomic E-state index is 0.398. The van der Waals surface area contributed by atoms with Gasteiger partial charge in [-0.3, -0.25) is 0 Å². The summed E-state index contributed by atoms with van der Waals surface area (Å²) in [6.45, 7) is 11.8. The Labute approximate surface area is 138 Å². The topological polar surface area (TPSA) is 3.88 Å². The van der Waals surface area contributed by atoms with E-state index in [0.717, 1.165) is 6.54 Å². The fourth-order valence-corrected chi connectivity index (χ4v) is 3.88. The molecule has 0 aliphatic rings. The molecular weight excluding hydrogens is 265 g/mol. The van der Waals surface area contributed by atoms with E-state index in [1.807, 2.05) is 6.08 Å². The number of pyridine rings is 1. The van der Waals surface area contributed by atoms with Gasteiger partial charge in [-0.05, 0) is 12.1 Å². The molecule has 124 valence electrons. The average molecular weight is 301 g/mol. The standard InChI is InChI=1S/C20H36BN/c1-5-9-14-21(15-10-6-2,16-11-7-3)20-13-12-18-22(19-20)17-8-4/h8,12-13,18-19H,4-7,9-11,14-17H2,1-3H3. The molecule has 0 amide bonds. The van der Waals surface area contributed by atoms with Crippen molar-refractivity contribution >= 4 is 11.6 Å². The number of hydrogen-bond donors (Lipinski definition) is 0. The summed E-state index contributed by atoms with van der Waals surface area (Å²) in [5.74, 6) is 0. The molecule has 0 aromatic carbocycles. The van der Waals surface area contributed by atoms with E-state index in [9.17, 15) is 0 Å². The highest BCUT2D eigenvalue weighted by Gasteiger charge is 2.26. The molecule has 0 atom stereocenters. The lowest BCUT2D eigenvalue weighted by molar-refractivity contribution is -0.686. The highest BCUT2D eigenvalue weighted by Crippen LogP contribution is 2.28. The van der Waals surface area contributed by atoms with Gasteiger partial charge in [-0.15, -0.1) is 5.46 Å². The molecule has 1 rings (SSSR count). The van der Waals surface area contributed by atoms with Crippen LogP contribution < -0.4 is 10.0 Å². The Balaban J connectivity index is 3.12. The monoisotopic (exact) mass is 301 g/mol. The molecule has 1 heterocycles. The molecule has 0 spiro atoms. The minimum Gasteiger partial charge on any atom is -0.204 e. The van der Waals surface area contributed by atoms with Crippen LogP contribution in [0, 0.1) is 0 Å². The molecule has 0 bridgehead atoms. The van der Waals surface area contributed by atoms with E-state index in [2.05, 4.69) is 56.4 Å². The first kappa shape index (κ1) is 19.0. The summed E-state index contributed by atoms with van der Waals surface area (Å²) in [5, 5.41) is 0. The van der Waals surface area contributed by atoms with Gasteiger partial charge in [0.2, 0.25) is 0 Å². The van der Waals surface area contributed by atoms with Crippen LogP contribution in [0.4, 0.5) is 0 Å². The van der Waals surface area contributed by atoms with Gasteiger partial charge in [-0.2, -0.15) is 19.0 Å². The zero-order valence-electron chi connectivity index (χ0n) is 15.2. The number of hydrogen-bond acceptors (Lipinski definition) is 0. The third kappa shape index (κ3) is 5.63. The number of aromatic nitrogens is 1. The molecular formula is C20H36BN. The molecule has 1 aromatic rings. The van der Waals surface area contributed by atoms with Crippen molar-refractivity contribution in [3.05, 3.63) is 37.2 Å². The molecule has 1 aromatic heterocycles. The van der Waals surface area contributed by atoms with Crippen molar-refractivity contribution in [3.8, 4) is 0 Å². The molecule has 1 nitrogen and oxygen atoms in total. The summed E-state index contributed by atoms with van der Waals surface area (Å²) in [4.78, 5) is 0. The Bertz CT molecular complexity index is 406. The van der Waals surface area contributed by atoms with E-state index < -0.39 is 6.15 Å². The van der Waals surface area contributed by atoms with Crippen LogP contribution >= 0.6 is 0 Å². The first-order chi connectivity index (χ1) is 10.7. The van der Waals surface area contributed by atoms with Gasteiger partial charge in [-0.1, -0.05) is 71.9 Å². The molecule has 0 saturated heterocycles. The molecule has 0 unspecified atom stereocenters. The number of nitrogens with zero attached hydrogens (tertiary/aromatic N) is 1. The summed E-state index contributed by atoms with van der Waals surface area (Å²) >= 11 is 0. The van der Waals surface area contributed by atoms with E-state index in [0.29, 0.717) is 0 Å². The average Bonchev–Trinajstić information content (AvgIpc) is 2.55. The van der Waals surface area contributed by atoms with Crippen LogP contribution in [0.5, 0.6) is 0 Å². The van der Waals surface area contributed by atoms with Crippen molar-refractivity contribution in [1.29, 1.82) is 0 Å². The van der Waals surface area contributed by atoms with Gasteiger partial charge in [0.15, 0.2) is 12.7 Å². The predicted octanol–water partition coefficient (Wildman–Crippen LogP) is 5.22. The number of allylic oxidation sites excluding steroid dienone is 1. The smallest absolute Gasteiger partial charge is 0.168 e. The molecule has 22 heavy (non-hydrogen) atoms. The normalized spacial score (nSPS) is 11.6. The Morgan fingerprint density at radius 3 is 2.00 bits per heavy atom. The van der Waals surface area contributed by atoms with Crippen LogP contribution in [0.1, 0.15) is 59.3 Å². The van der Waals surface area contributed by atoms with Crippen molar-refractivity contribution < 1.29 is 4.57 Å². The van der Waals surface area contributed by atoms with E-state index in [4.69, 9.17) is 0 Å². The zero-order valence-corrected chi connectivity index (χ0v) is 15.2. The van der Waals surface area contributed by atoms with Crippen LogP contribution in [-0.2, 0) is 6.54 Å². The fourth-order valence-electron chi connectivity index (χ4n) is 3.88. The quantitative estimate of drug-likeness (QED) is 0.283. The van der Waals surface area contributed by atoms with Crippen LogP contribution in [0.15, 0.2) is 37.2 Å². The summed E-state index contributed by atoms with van der Waals surface area (Å²) in [6.07, 6.45) is 18.4. The number of unbranched alkanes of at least 4 members (excludes halogenated alkanes) is 3. The third-order valence-corrected chi connectivity index (χ3v) is 5.26. The van der Waals surface area contributed by atoms with E-state index in [1.54, 1.807) is 5.46 Å². The van der Waals surface area contributed by atoms with Gasteiger partial charge in [-0.25, -0.2) is 4.57 Å². The van der Waals surface area contributed by atoms with Crippen LogP contribution in [0.25, 0.3) is 0 Å². The van der Waals surface area contributed by atoms with Crippen molar-refractivity contribution in [3.63, 3.8) is 0 Å². The second kappa shape index (κ2) is 10.6. The first-order valence-corrected chi connectivity index (χ1v) is 9.53. The van der Waals surface area contributed by atoms with Gasteiger partial charge in [0.05, 0.1) is 0 Å². The van der Waals surface area contributed by atoms with Gasteiger partial charge < -0.3 is 0 Å². The maximum Gasteiger partial charge on any atom is 0.168 e. The summed E-state index contributed by atoms with van der Waals surface area (Å²) in [7, 11) is 0. The Hall–Kier alpha value is -1.05. The van der Waals surface area contributed by atoms with Gasteiger partial charge in [0, 0.05) is 6.15 Å². The van der Waals surface area contributed by atoms with Gasteiger partial charge >= 0.3 is 0 Å². The zero-order chi connectivity index (χ0) is 16.3.